The highest BCUT2D eigenvalue weighted by Crippen LogP contribution is 2.28. The normalized spacial score (nSPS) is 22.2. The molecule has 0 aromatic rings. The van der Waals surface area contributed by atoms with Gasteiger partial charge in [-0.3, -0.25) is 19.2 Å². The number of nitrogens with one attached hydrogen (secondary N) is 3. The maximum atomic E-state index is 13.5. The molecule has 1 saturated heterocycles. The minimum Gasteiger partial charge on any atom is -0.465 e. The van der Waals surface area contributed by atoms with Crippen LogP contribution in [-0.4, -0.2) is 76.2 Å². The Bertz CT molecular complexity index is 866. The van der Waals surface area contributed by atoms with E-state index in [-0.39, 0.29) is 24.9 Å². The Balaban J connectivity index is 2.25. The lowest BCUT2D eigenvalue weighted by molar-refractivity contribution is -0.148. The van der Waals surface area contributed by atoms with Crippen molar-refractivity contribution in [2.24, 2.45) is 11.3 Å². The zero-order valence-corrected chi connectivity index (χ0v) is 21.5. The first-order valence-corrected chi connectivity index (χ1v) is 12.3. The van der Waals surface area contributed by atoms with Gasteiger partial charge in [-0.05, 0) is 50.4 Å². The van der Waals surface area contributed by atoms with E-state index in [1.807, 2.05) is 6.92 Å². The number of carbonyl (C=O) groups is 5. The number of carboxylic acid groups (broad SMARTS) is 1. The number of hydrogen-bond donors (Lipinski definition) is 4. The molecule has 2 fully saturated rings. The Hall–Kier alpha value is -2.79. The minimum absolute atomic E-state index is 0.0315. The Labute approximate surface area is 209 Å². The zero-order valence-electron chi connectivity index (χ0n) is 21.5. The number of hydrogen-bond acceptors (Lipinski definition) is 5. The van der Waals surface area contributed by atoms with Crippen molar-refractivity contribution in [2.75, 3.05) is 6.54 Å². The number of carbonyl (C=O) groups excluding carboxylic acids is 4. The predicted octanol–water partition coefficient (Wildman–Crippen LogP) is 2.06. The maximum Gasteiger partial charge on any atom is 0.405 e. The largest absolute Gasteiger partial charge is 0.465 e. The molecular weight excluding hydrogens is 478 g/mol. The molecule has 2 rings (SSSR count). The van der Waals surface area contributed by atoms with E-state index < -0.39 is 71.9 Å². The second-order valence-electron chi connectivity index (χ2n) is 11.2. The second kappa shape index (κ2) is 11.5. The van der Waals surface area contributed by atoms with Gasteiger partial charge < -0.3 is 26.0 Å². The third kappa shape index (κ3) is 8.70. The molecule has 12 heteroatoms. The lowest BCUT2D eigenvalue weighted by Crippen LogP contribution is -2.62. The molecule has 0 radical (unpaired) electrons. The van der Waals surface area contributed by atoms with Crippen LogP contribution in [0.4, 0.5) is 13.6 Å². The van der Waals surface area contributed by atoms with E-state index >= 15 is 0 Å². The van der Waals surface area contributed by atoms with Crippen molar-refractivity contribution >= 4 is 29.6 Å². The molecule has 2 unspecified atom stereocenters. The summed E-state index contributed by atoms with van der Waals surface area (Å²) in [5.74, 6) is -6.36. The Morgan fingerprint density at radius 1 is 1.00 bits per heavy atom. The summed E-state index contributed by atoms with van der Waals surface area (Å²) in [6, 6.07) is -3.79. The highest BCUT2D eigenvalue weighted by Gasteiger charge is 2.43. The van der Waals surface area contributed by atoms with Gasteiger partial charge in [0.25, 0.3) is 5.91 Å². The standard InChI is InChI=1S/C24H38F2N4O6/c1-13-6-9-16(30(12-13)21(34)18(23(2,3)4)29-22(35)36)19(32)28-15(10-11-24(5,25)26)17(31)20(33)27-14-7-8-14/h13-16,18,29H,6-12H2,1-5H3,(H,27,33)(H,28,32)(H,35,36)/t13?,15-,16?,18+/m0/s1. The van der Waals surface area contributed by atoms with Crippen molar-refractivity contribution in [3.05, 3.63) is 0 Å². The smallest absolute Gasteiger partial charge is 0.405 e. The number of Topliss-reactive ketones (excluding diaryl/α,β-unsaturated/α-hetero) is 1. The quantitative estimate of drug-likeness (QED) is 0.327. The number of nitrogens with zero attached hydrogens (tertiary/aromatic N) is 1. The van der Waals surface area contributed by atoms with Crippen LogP contribution in [0.5, 0.6) is 0 Å². The molecule has 4 N–H and O–H groups in total. The fraction of sp³-hybridized carbons (Fsp3) is 0.792. The van der Waals surface area contributed by atoms with E-state index in [0.29, 0.717) is 13.3 Å². The van der Waals surface area contributed by atoms with E-state index in [2.05, 4.69) is 16.0 Å². The molecule has 1 aliphatic heterocycles. The average molecular weight is 517 g/mol. The molecule has 10 nitrogen and oxygen atoms in total. The fourth-order valence-electron chi connectivity index (χ4n) is 4.18. The molecule has 36 heavy (non-hydrogen) atoms. The summed E-state index contributed by atoms with van der Waals surface area (Å²) in [6.45, 7) is 7.82. The van der Waals surface area contributed by atoms with Gasteiger partial charge in [0.2, 0.25) is 23.5 Å². The van der Waals surface area contributed by atoms with Crippen LogP contribution in [0.3, 0.4) is 0 Å². The van der Waals surface area contributed by atoms with Gasteiger partial charge in [0, 0.05) is 19.0 Å². The van der Waals surface area contributed by atoms with Crippen LogP contribution in [0.1, 0.15) is 73.1 Å². The molecule has 0 aromatic carbocycles. The summed E-state index contributed by atoms with van der Waals surface area (Å²) in [4.78, 5) is 64.4. The summed E-state index contributed by atoms with van der Waals surface area (Å²) in [6.07, 6.45) is -0.292. The van der Waals surface area contributed by atoms with Crippen LogP contribution in [0.2, 0.25) is 0 Å². The third-order valence-corrected chi connectivity index (χ3v) is 6.43. The number of halogens is 2. The summed E-state index contributed by atoms with van der Waals surface area (Å²) in [5.41, 5.74) is -0.802. The lowest BCUT2D eigenvalue weighted by Gasteiger charge is -2.42. The number of alkyl halides is 2. The van der Waals surface area contributed by atoms with Crippen molar-refractivity contribution in [3.63, 3.8) is 0 Å². The average Bonchev–Trinajstić information content (AvgIpc) is 3.56. The Kier molecular flexibility index (Phi) is 9.41. The van der Waals surface area contributed by atoms with Gasteiger partial charge in [0.05, 0.1) is 6.04 Å². The van der Waals surface area contributed by atoms with Crippen molar-refractivity contribution in [1.82, 2.24) is 20.9 Å². The summed E-state index contributed by atoms with van der Waals surface area (Å²) < 4.78 is 27.1. The lowest BCUT2D eigenvalue weighted by atomic mass is 9.84. The van der Waals surface area contributed by atoms with Crippen molar-refractivity contribution in [3.8, 4) is 0 Å². The molecule has 1 heterocycles. The summed E-state index contributed by atoms with van der Waals surface area (Å²) in [7, 11) is 0. The Morgan fingerprint density at radius 3 is 2.11 bits per heavy atom. The zero-order chi connectivity index (χ0) is 27.4. The van der Waals surface area contributed by atoms with E-state index in [0.717, 1.165) is 12.8 Å². The topological polar surface area (TPSA) is 145 Å². The fourth-order valence-corrected chi connectivity index (χ4v) is 4.18. The minimum atomic E-state index is -3.11. The van der Waals surface area contributed by atoms with Crippen molar-refractivity contribution in [1.29, 1.82) is 0 Å². The SMILES string of the molecule is CC1CCC(C(=O)N[C@@H](CCC(C)(F)F)C(=O)C(=O)NC2CC2)N(C(=O)[C@@H](NC(=O)O)C(C)(C)C)C1. The number of rotatable bonds is 10. The summed E-state index contributed by atoms with van der Waals surface area (Å²) in [5, 5.41) is 16.4. The van der Waals surface area contributed by atoms with Gasteiger partial charge in [-0.15, -0.1) is 0 Å². The second-order valence-corrected chi connectivity index (χ2v) is 11.2. The van der Waals surface area contributed by atoms with Crippen LogP contribution < -0.4 is 16.0 Å². The number of likely N-dealkylation sites (tertiary alicyclic amines) is 1. The van der Waals surface area contributed by atoms with Crippen molar-refractivity contribution in [2.45, 2.75) is 103 Å². The molecule has 2 aliphatic rings. The molecule has 0 spiro atoms. The number of piperidine rings is 1. The first-order chi connectivity index (χ1) is 16.5. The predicted molar refractivity (Wildman–Crippen MR) is 126 cm³/mol. The summed E-state index contributed by atoms with van der Waals surface area (Å²) >= 11 is 0. The van der Waals surface area contributed by atoms with Gasteiger partial charge in [0.15, 0.2) is 0 Å². The highest BCUT2D eigenvalue weighted by atomic mass is 19.3. The van der Waals surface area contributed by atoms with E-state index in [4.69, 9.17) is 0 Å². The van der Waals surface area contributed by atoms with E-state index in [9.17, 15) is 37.9 Å². The molecule has 0 aromatic heterocycles. The van der Waals surface area contributed by atoms with Crippen molar-refractivity contribution < 1.29 is 37.9 Å². The molecule has 1 saturated carbocycles. The van der Waals surface area contributed by atoms with Crippen LogP contribution in [0, 0.1) is 11.3 Å². The third-order valence-electron chi connectivity index (χ3n) is 6.43. The molecule has 4 amide bonds. The van der Waals surface area contributed by atoms with Crippen LogP contribution in [0.15, 0.2) is 0 Å². The van der Waals surface area contributed by atoms with Gasteiger partial charge in [0.1, 0.15) is 12.1 Å². The number of amides is 4. The van der Waals surface area contributed by atoms with Gasteiger partial charge in [-0.25, -0.2) is 13.6 Å². The van der Waals surface area contributed by atoms with E-state index in [1.54, 1.807) is 20.8 Å². The Morgan fingerprint density at radius 2 is 1.61 bits per heavy atom. The molecule has 204 valence electrons. The van der Waals surface area contributed by atoms with Crippen LogP contribution in [-0.2, 0) is 19.2 Å². The molecular formula is C24H38F2N4O6. The first-order valence-electron chi connectivity index (χ1n) is 12.3. The van der Waals surface area contributed by atoms with Crippen LogP contribution in [0.25, 0.3) is 0 Å². The maximum absolute atomic E-state index is 13.5. The molecule has 0 bridgehead atoms. The van der Waals surface area contributed by atoms with Gasteiger partial charge >= 0.3 is 6.09 Å². The molecule has 1 aliphatic carbocycles. The van der Waals surface area contributed by atoms with E-state index in [1.165, 1.54) is 4.90 Å². The molecule has 4 atom stereocenters. The van der Waals surface area contributed by atoms with Gasteiger partial charge in [-0.2, -0.15) is 0 Å². The highest BCUT2D eigenvalue weighted by molar-refractivity contribution is 6.38. The monoisotopic (exact) mass is 516 g/mol. The van der Waals surface area contributed by atoms with Gasteiger partial charge in [-0.1, -0.05) is 27.7 Å². The first kappa shape index (κ1) is 29.4. The van der Waals surface area contributed by atoms with Crippen LogP contribution >= 0.6 is 0 Å². The number of ketones is 1.